The first-order valence-corrected chi connectivity index (χ1v) is 10.3. The number of carbonyl (C=O) groups is 1. The fourth-order valence-electron chi connectivity index (χ4n) is 4.44. The summed E-state index contributed by atoms with van der Waals surface area (Å²) in [6.45, 7) is 9.04. The molecule has 0 N–H and O–H groups in total. The highest BCUT2D eigenvalue weighted by Crippen LogP contribution is 2.33. The SMILES string of the molecule is CCC(C)(C)c1ccc(N2CCC(N3CCC[C@H]3C(=O)OC)CC2)c(F)c1. The summed E-state index contributed by atoms with van der Waals surface area (Å²) in [4.78, 5) is 16.5. The molecule has 2 aliphatic rings. The number of likely N-dealkylation sites (tertiary alicyclic amines) is 1. The topological polar surface area (TPSA) is 32.8 Å². The van der Waals surface area contributed by atoms with E-state index >= 15 is 0 Å². The Hall–Kier alpha value is -1.62. The Bertz CT molecular complexity index is 668. The van der Waals surface area contributed by atoms with Crippen LogP contribution in [0.15, 0.2) is 18.2 Å². The molecule has 2 saturated heterocycles. The Morgan fingerprint density at radius 3 is 2.52 bits per heavy atom. The molecule has 0 spiro atoms. The molecule has 2 aliphatic heterocycles. The number of anilines is 1. The Morgan fingerprint density at radius 1 is 1.22 bits per heavy atom. The molecule has 0 unspecified atom stereocenters. The van der Waals surface area contributed by atoms with Crippen molar-refractivity contribution < 1.29 is 13.9 Å². The normalized spacial score (nSPS) is 22.3. The number of benzene rings is 1. The number of hydrogen-bond acceptors (Lipinski definition) is 4. The minimum absolute atomic E-state index is 0.00891. The quantitative estimate of drug-likeness (QED) is 0.724. The zero-order chi connectivity index (χ0) is 19.6. The van der Waals surface area contributed by atoms with E-state index in [1.807, 2.05) is 6.07 Å². The highest BCUT2D eigenvalue weighted by Gasteiger charge is 2.37. The van der Waals surface area contributed by atoms with Crippen LogP contribution in [0.25, 0.3) is 0 Å². The number of nitrogens with zero attached hydrogens (tertiary/aromatic N) is 2. The van der Waals surface area contributed by atoms with E-state index in [4.69, 9.17) is 4.74 Å². The van der Waals surface area contributed by atoms with E-state index in [9.17, 15) is 9.18 Å². The summed E-state index contributed by atoms with van der Waals surface area (Å²) >= 11 is 0. The summed E-state index contributed by atoms with van der Waals surface area (Å²) in [5.41, 5.74) is 1.75. The van der Waals surface area contributed by atoms with Crippen LogP contribution < -0.4 is 4.90 Å². The molecule has 0 bridgehead atoms. The van der Waals surface area contributed by atoms with Gasteiger partial charge in [0.05, 0.1) is 12.8 Å². The van der Waals surface area contributed by atoms with Gasteiger partial charge in [-0.2, -0.15) is 0 Å². The van der Waals surface area contributed by atoms with E-state index < -0.39 is 0 Å². The van der Waals surface area contributed by atoms with Crippen LogP contribution in [-0.2, 0) is 14.9 Å². The molecule has 1 atom stereocenters. The van der Waals surface area contributed by atoms with Crippen molar-refractivity contribution in [2.24, 2.45) is 0 Å². The Morgan fingerprint density at radius 2 is 1.93 bits per heavy atom. The highest BCUT2D eigenvalue weighted by molar-refractivity contribution is 5.76. The van der Waals surface area contributed by atoms with Crippen LogP contribution in [0.2, 0.25) is 0 Å². The van der Waals surface area contributed by atoms with Crippen molar-refractivity contribution in [3.63, 3.8) is 0 Å². The van der Waals surface area contributed by atoms with E-state index in [1.165, 1.54) is 7.11 Å². The second-order valence-electron chi connectivity index (χ2n) is 8.54. The second kappa shape index (κ2) is 8.17. The lowest BCUT2D eigenvalue weighted by Crippen LogP contribution is -2.49. The number of halogens is 1. The molecule has 2 fully saturated rings. The van der Waals surface area contributed by atoms with Gasteiger partial charge in [0.1, 0.15) is 11.9 Å². The highest BCUT2D eigenvalue weighted by atomic mass is 19.1. The number of esters is 1. The molecule has 27 heavy (non-hydrogen) atoms. The van der Waals surface area contributed by atoms with Crippen molar-refractivity contribution in [1.29, 1.82) is 0 Å². The van der Waals surface area contributed by atoms with Crippen molar-refractivity contribution in [2.45, 2.75) is 70.4 Å². The Labute approximate surface area is 162 Å². The summed E-state index contributed by atoms with van der Waals surface area (Å²) < 4.78 is 19.8. The number of carbonyl (C=O) groups excluding carboxylic acids is 1. The maximum atomic E-state index is 14.8. The molecular formula is C22H33FN2O2. The standard InChI is InChI=1S/C22H33FN2O2/c1-5-22(2,3)16-8-9-19(18(23)15-16)24-13-10-17(11-14-24)25-12-6-7-20(25)21(26)27-4/h8-9,15,17,20H,5-7,10-14H2,1-4H3/t20-/m0/s1. The monoisotopic (exact) mass is 376 g/mol. The third-order valence-corrected chi connectivity index (χ3v) is 6.65. The van der Waals surface area contributed by atoms with Gasteiger partial charge in [-0.1, -0.05) is 26.8 Å². The minimum atomic E-state index is -0.124. The minimum Gasteiger partial charge on any atom is -0.468 e. The number of methoxy groups -OCH3 is 1. The largest absolute Gasteiger partial charge is 0.468 e. The maximum absolute atomic E-state index is 14.8. The first-order chi connectivity index (χ1) is 12.9. The smallest absolute Gasteiger partial charge is 0.323 e. The first-order valence-electron chi connectivity index (χ1n) is 10.3. The van der Waals surface area contributed by atoms with Crippen LogP contribution in [0.1, 0.15) is 58.4 Å². The molecule has 3 rings (SSSR count). The molecular weight excluding hydrogens is 343 g/mol. The molecule has 0 saturated carbocycles. The summed E-state index contributed by atoms with van der Waals surface area (Å²) in [6.07, 6.45) is 4.82. The van der Waals surface area contributed by atoms with Gasteiger partial charge in [0.2, 0.25) is 0 Å². The number of ether oxygens (including phenoxy) is 1. The van der Waals surface area contributed by atoms with Gasteiger partial charge in [-0.25, -0.2) is 4.39 Å². The lowest BCUT2D eigenvalue weighted by atomic mass is 9.82. The molecule has 1 aromatic carbocycles. The number of piperidine rings is 1. The molecule has 4 nitrogen and oxygen atoms in total. The van der Waals surface area contributed by atoms with Gasteiger partial charge in [-0.3, -0.25) is 9.69 Å². The third kappa shape index (κ3) is 4.13. The molecule has 1 aromatic rings. The van der Waals surface area contributed by atoms with E-state index in [0.29, 0.717) is 11.7 Å². The summed E-state index contributed by atoms with van der Waals surface area (Å²) in [5, 5.41) is 0. The number of rotatable bonds is 5. The second-order valence-corrected chi connectivity index (χ2v) is 8.54. The van der Waals surface area contributed by atoms with E-state index in [-0.39, 0.29) is 23.2 Å². The number of hydrogen-bond donors (Lipinski definition) is 0. The molecule has 0 radical (unpaired) electrons. The summed E-state index contributed by atoms with van der Waals surface area (Å²) in [7, 11) is 1.47. The predicted molar refractivity (Wildman–Crippen MR) is 107 cm³/mol. The molecule has 5 heteroatoms. The van der Waals surface area contributed by atoms with Crippen molar-refractivity contribution in [2.75, 3.05) is 31.6 Å². The van der Waals surface area contributed by atoms with Gasteiger partial charge in [0.25, 0.3) is 0 Å². The van der Waals surface area contributed by atoms with Gasteiger partial charge in [0.15, 0.2) is 0 Å². The van der Waals surface area contributed by atoms with Crippen molar-refractivity contribution in [3.8, 4) is 0 Å². The van der Waals surface area contributed by atoms with Crippen molar-refractivity contribution in [3.05, 3.63) is 29.6 Å². The summed E-state index contributed by atoms with van der Waals surface area (Å²) in [5.74, 6) is -0.240. The average molecular weight is 377 g/mol. The van der Waals surface area contributed by atoms with Gasteiger partial charge >= 0.3 is 5.97 Å². The van der Waals surface area contributed by atoms with Crippen LogP contribution >= 0.6 is 0 Å². The lowest BCUT2D eigenvalue weighted by molar-refractivity contribution is -0.146. The van der Waals surface area contributed by atoms with E-state index in [2.05, 4.69) is 36.6 Å². The van der Waals surface area contributed by atoms with Crippen LogP contribution in [-0.4, -0.2) is 49.7 Å². The zero-order valence-corrected chi connectivity index (χ0v) is 17.1. The van der Waals surface area contributed by atoms with Gasteiger partial charge in [-0.15, -0.1) is 0 Å². The molecule has 0 amide bonds. The lowest BCUT2D eigenvalue weighted by Gasteiger charge is -2.39. The Balaban J connectivity index is 1.65. The van der Waals surface area contributed by atoms with Crippen LogP contribution in [0.4, 0.5) is 10.1 Å². The average Bonchev–Trinajstić information content (AvgIpc) is 3.17. The van der Waals surface area contributed by atoms with Crippen LogP contribution in [0.5, 0.6) is 0 Å². The third-order valence-electron chi connectivity index (χ3n) is 6.65. The maximum Gasteiger partial charge on any atom is 0.323 e. The Kier molecular flexibility index (Phi) is 6.09. The van der Waals surface area contributed by atoms with Crippen molar-refractivity contribution in [1.82, 2.24) is 4.90 Å². The van der Waals surface area contributed by atoms with E-state index in [1.54, 1.807) is 6.07 Å². The molecule has 150 valence electrons. The summed E-state index contributed by atoms with van der Waals surface area (Å²) in [6, 6.07) is 6.00. The molecule has 0 aliphatic carbocycles. The van der Waals surface area contributed by atoms with Gasteiger partial charge in [-0.05, 0) is 61.8 Å². The fourth-order valence-corrected chi connectivity index (χ4v) is 4.44. The van der Waals surface area contributed by atoms with E-state index in [0.717, 1.165) is 57.3 Å². The van der Waals surface area contributed by atoms with Crippen LogP contribution in [0, 0.1) is 5.82 Å². The predicted octanol–water partition coefficient (Wildman–Crippen LogP) is 4.12. The van der Waals surface area contributed by atoms with Crippen LogP contribution in [0.3, 0.4) is 0 Å². The van der Waals surface area contributed by atoms with Gasteiger partial charge < -0.3 is 9.64 Å². The fraction of sp³-hybridized carbons (Fsp3) is 0.682. The molecule has 2 heterocycles. The van der Waals surface area contributed by atoms with Crippen molar-refractivity contribution >= 4 is 11.7 Å². The van der Waals surface area contributed by atoms with Gasteiger partial charge in [0, 0.05) is 19.1 Å². The zero-order valence-electron chi connectivity index (χ0n) is 17.1. The molecule has 0 aromatic heterocycles. The first kappa shape index (κ1) is 20.1.